The quantitative estimate of drug-likeness (QED) is 0.374. The number of carbonyl (C=O) groups excluding carboxylic acids is 1. The molecule has 8 heteroatoms. The lowest BCUT2D eigenvalue weighted by Gasteiger charge is -2.20. The third-order valence-electron chi connectivity index (χ3n) is 5.36. The molecule has 0 bridgehead atoms. The number of benzene rings is 2. The zero-order valence-electron chi connectivity index (χ0n) is 20.4. The van der Waals surface area contributed by atoms with Crippen LogP contribution in [0, 0.1) is 11.3 Å². The SMILES string of the molecule is CC(Sc1nnc(C(C)Oc2ccc(C(C)C)cc2)n1C(C)C)C(=O)Nc1ccc(C#N)cc1. The van der Waals surface area contributed by atoms with Gasteiger partial charge in [-0.15, -0.1) is 10.2 Å². The van der Waals surface area contributed by atoms with E-state index < -0.39 is 5.25 Å². The molecule has 7 nitrogen and oxygen atoms in total. The first kappa shape index (κ1) is 25.3. The number of thioether (sulfide) groups is 1. The van der Waals surface area contributed by atoms with Crippen LogP contribution in [-0.2, 0) is 4.79 Å². The van der Waals surface area contributed by atoms with Crippen molar-refractivity contribution in [2.75, 3.05) is 5.32 Å². The summed E-state index contributed by atoms with van der Waals surface area (Å²) < 4.78 is 8.17. The Balaban J connectivity index is 1.70. The van der Waals surface area contributed by atoms with Gasteiger partial charge in [-0.2, -0.15) is 5.26 Å². The van der Waals surface area contributed by atoms with Crippen LogP contribution in [0.5, 0.6) is 5.75 Å². The van der Waals surface area contributed by atoms with Crippen molar-refractivity contribution in [2.45, 2.75) is 70.0 Å². The lowest BCUT2D eigenvalue weighted by atomic mass is 10.0. The number of aromatic nitrogens is 3. The van der Waals surface area contributed by atoms with E-state index in [1.807, 2.05) is 30.5 Å². The number of amides is 1. The van der Waals surface area contributed by atoms with Crippen LogP contribution in [0.4, 0.5) is 5.69 Å². The second-order valence-corrected chi connectivity index (χ2v) is 10.0. The first-order valence-corrected chi connectivity index (χ1v) is 12.3. The van der Waals surface area contributed by atoms with E-state index in [4.69, 9.17) is 10.00 Å². The van der Waals surface area contributed by atoms with E-state index in [0.717, 1.165) is 5.75 Å². The van der Waals surface area contributed by atoms with Crippen molar-refractivity contribution >= 4 is 23.4 Å². The van der Waals surface area contributed by atoms with Crippen LogP contribution < -0.4 is 10.1 Å². The summed E-state index contributed by atoms with van der Waals surface area (Å²) in [5.41, 5.74) is 2.45. The smallest absolute Gasteiger partial charge is 0.237 e. The molecule has 0 aliphatic heterocycles. The molecular weight excluding hydrogens is 446 g/mol. The molecule has 1 amide bonds. The molecule has 178 valence electrons. The summed E-state index contributed by atoms with van der Waals surface area (Å²) in [4.78, 5) is 12.7. The van der Waals surface area contributed by atoms with Gasteiger partial charge in [0.25, 0.3) is 0 Å². The fraction of sp³-hybridized carbons (Fsp3) is 0.385. The minimum absolute atomic E-state index is 0.0932. The Hall–Kier alpha value is -3.31. The summed E-state index contributed by atoms with van der Waals surface area (Å²) in [6.45, 7) is 12.2. The van der Waals surface area contributed by atoms with Gasteiger partial charge in [-0.05, 0) is 75.6 Å². The Labute approximate surface area is 205 Å². The first-order valence-electron chi connectivity index (χ1n) is 11.4. The lowest BCUT2D eigenvalue weighted by Crippen LogP contribution is -2.23. The van der Waals surface area contributed by atoms with Crippen LogP contribution in [0.3, 0.4) is 0 Å². The molecule has 1 N–H and O–H groups in total. The van der Waals surface area contributed by atoms with Gasteiger partial charge in [-0.1, -0.05) is 37.7 Å². The fourth-order valence-corrected chi connectivity index (χ4v) is 4.39. The summed E-state index contributed by atoms with van der Waals surface area (Å²) in [6.07, 6.45) is -0.308. The Bertz CT molecular complexity index is 1150. The zero-order valence-corrected chi connectivity index (χ0v) is 21.3. The number of hydrogen-bond donors (Lipinski definition) is 1. The molecule has 3 aromatic rings. The molecule has 2 unspecified atom stereocenters. The maximum absolute atomic E-state index is 12.7. The van der Waals surface area contributed by atoms with E-state index in [1.165, 1.54) is 17.3 Å². The van der Waals surface area contributed by atoms with Gasteiger partial charge in [0, 0.05) is 11.7 Å². The van der Waals surface area contributed by atoms with E-state index in [1.54, 1.807) is 24.3 Å². The van der Waals surface area contributed by atoms with Crippen molar-refractivity contribution in [2.24, 2.45) is 0 Å². The van der Waals surface area contributed by atoms with Crippen molar-refractivity contribution in [1.82, 2.24) is 14.8 Å². The Morgan fingerprint density at radius 2 is 1.65 bits per heavy atom. The molecule has 34 heavy (non-hydrogen) atoms. The number of carbonyl (C=O) groups is 1. The summed E-state index contributed by atoms with van der Waals surface area (Å²) in [6, 6.07) is 17.1. The monoisotopic (exact) mass is 477 g/mol. The van der Waals surface area contributed by atoms with Gasteiger partial charge in [0.05, 0.1) is 16.9 Å². The number of nitrogens with one attached hydrogen (secondary N) is 1. The molecule has 0 saturated carbocycles. The maximum Gasteiger partial charge on any atom is 0.237 e. The predicted molar refractivity (Wildman–Crippen MR) is 135 cm³/mol. The molecular formula is C26H31N5O2S. The van der Waals surface area contributed by atoms with Crippen molar-refractivity contribution < 1.29 is 9.53 Å². The largest absolute Gasteiger partial charge is 0.483 e. The number of nitrogens with zero attached hydrogens (tertiary/aromatic N) is 4. The molecule has 0 radical (unpaired) electrons. The summed E-state index contributed by atoms with van der Waals surface area (Å²) in [7, 11) is 0. The van der Waals surface area contributed by atoms with Crippen LogP contribution in [0.25, 0.3) is 0 Å². The zero-order chi connectivity index (χ0) is 24.8. The van der Waals surface area contributed by atoms with E-state index >= 15 is 0 Å². The van der Waals surface area contributed by atoms with Crippen LogP contribution in [0.2, 0.25) is 0 Å². The van der Waals surface area contributed by atoms with E-state index in [-0.39, 0.29) is 18.1 Å². The third kappa shape index (κ3) is 6.17. The van der Waals surface area contributed by atoms with Gasteiger partial charge in [0.15, 0.2) is 17.1 Å². The highest BCUT2D eigenvalue weighted by Gasteiger charge is 2.25. The number of ether oxygens (including phenoxy) is 1. The molecule has 0 fully saturated rings. The number of anilines is 1. The Kier molecular flexibility index (Phi) is 8.35. The second kappa shape index (κ2) is 11.2. The second-order valence-electron chi connectivity index (χ2n) is 8.73. The van der Waals surface area contributed by atoms with Crippen LogP contribution in [0.15, 0.2) is 53.7 Å². The summed E-state index contributed by atoms with van der Waals surface area (Å²) in [5.74, 6) is 1.81. The number of nitriles is 1. The lowest BCUT2D eigenvalue weighted by molar-refractivity contribution is -0.115. The van der Waals surface area contributed by atoms with Crippen molar-refractivity contribution in [3.63, 3.8) is 0 Å². The van der Waals surface area contributed by atoms with Crippen molar-refractivity contribution in [3.8, 4) is 11.8 Å². The minimum atomic E-state index is -0.398. The third-order valence-corrected chi connectivity index (χ3v) is 6.42. The Morgan fingerprint density at radius 1 is 1.00 bits per heavy atom. The minimum Gasteiger partial charge on any atom is -0.483 e. The molecule has 0 spiro atoms. The van der Waals surface area contributed by atoms with Crippen molar-refractivity contribution in [1.29, 1.82) is 5.26 Å². The highest BCUT2D eigenvalue weighted by atomic mass is 32.2. The molecule has 0 saturated heterocycles. The average Bonchev–Trinajstić information content (AvgIpc) is 3.24. The maximum atomic E-state index is 12.7. The number of rotatable bonds is 9. The van der Waals surface area contributed by atoms with Gasteiger partial charge in [-0.3, -0.25) is 4.79 Å². The number of hydrogen-bond acceptors (Lipinski definition) is 6. The van der Waals surface area contributed by atoms with Crippen molar-refractivity contribution in [3.05, 3.63) is 65.5 Å². The summed E-state index contributed by atoms with van der Waals surface area (Å²) in [5, 5.41) is 20.8. The standard InChI is InChI=1S/C26H31N5O2S/c1-16(2)21-9-13-23(14-10-21)33-18(5)24-29-30-26(31(24)17(3)4)34-19(6)25(32)28-22-11-7-20(15-27)8-12-22/h7-14,16-19H,1-6H3,(H,28,32). The molecule has 2 aromatic carbocycles. The Morgan fingerprint density at radius 3 is 2.21 bits per heavy atom. The normalized spacial score (nSPS) is 12.9. The van der Waals surface area contributed by atoms with E-state index in [2.05, 4.69) is 61.4 Å². The van der Waals surface area contributed by atoms with Gasteiger partial charge in [0.1, 0.15) is 5.75 Å². The topological polar surface area (TPSA) is 92.8 Å². The average molecular weight is 478 g/mol. The van der Waals surface area contributed by atoms with E-state index in [0.29, 0.717) is 28.1 Å². The molecule has 1 heterocycles. The molecule has 1 aromatic heterocycles. The highest BCUT2D eigenvalue weighted by molar-refractivity contribution is 8.00. The molecule has 0 aliphatic carbocycles. The van der Waals surface area contributed by atoms with Crippen LogP contribution in [0.1, 0.15) is 76.6 Å². The van der Waals surface area contributed by atoms with Gasteiger partial charge in [0.2, 0.25) is 5.91 Å². The molecule has 3 rings (SSSR count). The molecule has 0 aliphatic rings. The van der Waals surface area contributed by atoms with Gasteiger partial charge in [-0.25, -0.2) is 0 Å². The predicted octanol–water partition coefficient (Wildman–Crippen LogP) is 6.11. The fourth-order valence-electron chi connectivity index (χ4n) is 3.40. The van der Waals surface area contributed by atoms with E-state index in [9.17, 15) is 4.79 Å². The van der Waals surface area contributed by atoms with Crippen LogP contribution in [-0.4, -0.2) is 25.9 Å². The van der Waals surface area contributed by atoms with Crippen LogP contribution >= 0.6 is 11.8 Å². The first-order chi connectivity index (χ1) is 16.2. The highest BCUT2D eigenvalue weighted by Crippen LogP contribution is 2.30. The molecule has 2 atom stereocenters. The van der Waals surface area contributed by atoms with Gasteiger partial charge < -0.3 is 14.6 Å². The summed E-state index contributed by atoms with van der Waals surface area (Å²) >= 11 is 1.35. The van der Waals surface area contributed by atoms with Gasteiger partial charge >= 0.3 is 0 Å².